The predicted octanol–water partition coefficient (Wildman–Crippen LogP) is 12.9. The van der Waals surface area contributed by atoms with Crippen molar-refractivity contribution >= 4 is 55.7 Å². The van der Waals surface area contributed by atoms with Gasteiger partial charge in [0.1, 0.15) is 0 Å². The zero-order chi connectivity index (χ0) is 46.4. The number of aromatic nitrogens is 8. The van der Waals surface area contributed by atoms with Crippen LogP contribution in [0, 0.1) is 0 Å². The molecule has 2 aliphatic rings. The normalized spacial score (nSPS) is 11.7. The van der Waals surface area contributed by atoms with Gasteiger partial charge in [-0.05, 0) is 48.2 Å². The van der Waals surface area contributed by atoms with E-state index in [0.717, 1.165) is 69.5 Å². The first-order valence-electron chi connectivity index (χ1n) is 23.0. The van der Waals surface area contributed by atoms with Gasteiger partial charge in [-0.1, -0.05) is 162 Å². The Labute approximate surface area is 410 Å². The summed E-state index contributed by atoms with van der Waals surface area (Å²) < 4.78 is 0. The summed E-state index contributed by atoms with van der Waals surface area (Å²) in [6.45, 7) is 7.38. The Morgan fingerprint density at radius 2 is 0.701 bits per heavy atom. The second kappa shape index (κ2) is 24.4. The first-order chi connectivity index (χ1) is 32.1. The van der Waals surface area contributed by atoms with Crippen molar-refractivity contribution in [2.75, 3.05) is 0 Å². The summed E-state index contributed by atoms with van der Waals surface area (Å²) >= 11 is 0. The van der Waals surface area contributed by atoms with E-state index < -0.39 is 0 Å². The zero-order valence-electron chi connectivity index (χ0n) is 38.7. The molecule has 4 aromatic carbocycles. The maximum Gasteiger partial charge on any atom is 2.00 e. The number of benzene rings is 4. The van der Waals surface area contributed by atoms with Crippen LogP contribution in [-0.4, -0.2) is 51.7 Å². The van der Waals surface area contributed by atoms with E-state index >= 15 is 0 Å². The SMILES string of the molecule is CCCCCCCC(=O)/C=C(/C)O.CCCCCCCC(=O)/C=C(/C)O.[Zr+2].c1ccc2c(c1)-c1nc-2nc2[n-]c(nc3nc(nc4[n-]c(n1)c1ccccc41)-c1ccccc1-3)c1ccccc21. The summed E-state index contributed by atoms with van der Waals surface area (Å²) in [5.74, 6) is 2.50. The van der Waals surface area contributed by atoms with Gasteiger partial charge in [-0.25, -0.2) is 9.97 Å². The maximum atomic E-state index is 11.0. The number of rotatable bonds is 14. The van der Waals surface area contributed by atoms with Crippen molar-refractivity contribution in [2.45, 2.75) is 105 Å². The number of aliphatic hydroxyl groups is 2. The molecule has 13 heteroatoms. The molecule has 0 saturated carbocycles. The van der Waals surface area contributed by atoms with Gasteiger partial charge in [0, 0.05) is 69.8 Å². The van der Waals surface area contributed by atoms with Gasteiger partial charge >= 0.3 is 26.2 Å². The van der Waals surface area contributed by atoms with Crippen molar-refractivity contribution < 1.29 is 46.0 Å². The number of hydrogen-bond donors (Lipinski definition) is 2. The monoisotopic (exact) mass is 970 g/mol. The molecule has 12 nitrogen and oxygen atoms in total. The molecule has 0 radical (unpaired) electrons. The first kappa shape index (κ1) is 50.0. The summed E-state index contributed by atoms with van der Waals surface area (Å²) in [5.41, 5.74) is 5.78. The molecular formula is C54H56N8O4Zr. The third-order valence-corrected chi connectivity index (χ3v) is 11.1. The Morgan fingerprint density at radius 1 is 0.433 bits per heavy atom. The fraction of sp³-hybridized carbons (Fsp3) is 0.296. The van der Waals surface area contributed by atoms with Gasteiger partial charge in [-0.2, -0.15) is 0 Å². The van der Waals surface area contributed by atoms with E-state index in [1.807, 2.05) is 97.1 Å². The van der Waals surface area contributed by atoms with Crippen LogP contribution in [0.5, 0.6) is 0 Å². The minimum absolute atomic E-state index is 0. The smallest absolute Gasteiger partial charge is 0.512 e. The molecule has 0 aliphatic carbocycles. The molecule has 7 aromatic rings. The third-order valence-electron chi connectivity index (χ3n) is 11.1. The van der Waals surface area contributed by atoms with Crippen LogP contribution in [0.4, 0.5) is 0 Å². The van der Waals surface area contributed by atoms with Crippen molar-refractivity contribution in [3.8, 4) is 45.6 Å². The molecule has 0 unspecified atom stereocenters. The van der Waals surface area contributed by atoms with Crippen molar-refractivity contribution in [3.05, 3.63) is 121 Å². The summed E-state index contributed by atoms with van der Waals surface area (Å²) in [7, 11) is 0. The van der Waals surface area contributed by atoms with Crippen molar-refractivity contribution in [3.63, 3.8) is 0 Å². The Bertz CT molecular complexity index is 2710. The van der Waals surface area contributed by atoms with Gasteiger partial charge < -0.3 is 40.1 Å². The molecule has 340 valence electrons. The molecule has 9 rings (SSSR count). The van der Waals surface area contributed by atoms with E-state index in [4.69, 9.17) is 50.1 Å². The van der Waals surface area contributed by atoms with Crippen LogP contribution in [0.3, 0.4) is 0 Å². The number of aliphatic hydroxyl groups excluding tert-OH is 2. The number of fused-ring (bicyclic) bond motifs is 20. The largest absolute Gasteiger partial charge is 2.00 e. The quantitative estimate of drug-likeness (QED) is 0.0599. The van der Waals surface area contributed by atoms with Crippen LogP contribution in [0.25, 0.3) is 89.7 Å². The zero-order valence-corrected chi connectivity index (χ0v) is 41.1. The van der Waals surface area contributed by atoms with E-state index in [0.29, 0.717) is 58.7 Å². The van der Waals surface area contributed by atoms with E-state index in [9.17, 15) is 9.59 Å². The fourth-order valence-electron chi connectivity index (χ4n) is 7.87. The average Bonchev–Trinajstić information content (AvgIpc) is 4.05. The molecule has 0 saturated heterocycles. The standard InChI is InChI=1S/C32H16N8.2C11H20O2.Zr/c1-2-10-18-17(9-1)25-33-26(18)38-28-21-13-5-6-14-22(21)30(35-28)40-32-24-16-8-7-15-23(24)31(36-32)39-29-20-12-4-3-11-19(20)27(34-29)37-25;2*1-3-4-5-6-7-8-11(13)9-10(2)12;/h1-16H;2*9,12H,3-8H2,1-2H3;/q-2;;;+2/b;2*10-9-;. The summed E-state index contributed by atoms with van der Waals surface area (Å²) in [6.07, 6.45) is 15.3. The summed E-state index contributed by atoms with van der Waals surface area (Å²) in [4.78, 5) is 61.4. The second-order valence-electron chi connectivity index (χ2n) is 16.5. The molecule has 0 spiro atoms. The minimum atomic E-state index is 0. The van der Waals surface area contributed by atoms with Crippen LogP contribution in [0.15, 0.2) is 121 Å². The summed E-state index contributed by atoms with van der Waals surface area (Å²) in [6, 6.07) is 31.8. The molecule has 0 amide bonds. The van der Waals surface area contributed by atoms with Crippen molar-refractivity contribution in [1.29, 1.82) is 0 Å². The molecule has 67 heavy (non-hydrogen) atoms. The van der Waals surface area contributed by atoms with Gasteiger partial charge in [0.15, 0.2) is 11.6 Å². The number of carbonyl (C=O) groups excluding carboxylic acids is 2. The van der Waals surface area contributed by atoms with Crippen LogP contribution < -0.4 is 9.97 Å². The first-order valence-corrected chi connectivity index (χ1v) is 23.0. The number of hydrogen-bond acceptors (Lipinski definition) is 10. The molecule has 3 aromatic heterocycles. The summed E-state index contributed by atoms with van der Waals surface area (Å²) in [5, 5.41) is 21.2. The number of allylic oxidation sites excluding steroid dienone is 4. The number of ketones is 2. The van der Waals surface area contributed by atoms with Crippen molar-refractivity contribution in [2.24, 2.45) is 0 Å². The van der Waals surface area contributed by atoms with Gasteiger partial charge in [-0.15, -0.1) is 0 Å². The van der Waals surface area contributed by atoms with Crippen molar-refractivity contribution in [1.82, 2.24) is 39.9 Å². The second-order valence-corrected chi connectivity index (χ2v) is 16.5. The van der Waals surface area contributed by atoms with Gasteiger partial charge in [0.05, 0.1) is 34.8 Å². The molecular weight excluding hydrogens is 916 g/mol. The molecule has 2 N–H and O–H groups in total. The van der Waals surface area contributed by atoms with Gasteiger partial charge in [0.25, 0.3) is 0 Å². The van der Waals surface area contributed by atoms with E-state index in [1.54, 1.807) is 0 Å². The molecule has 0 atom stereocenters. The molecule has 2 aliphatic heterocycles. The minimum Gasteiger partial charge on any atom is -0.512 e. The Hall–Kier alpha value is -6.46. The van der Waals surface area contributed by atoms with Crippen LogP contribution in [-0.2, 0) is 35.8 Å². The van der Waals surface area contributed by atoms with E-state index in [1.165, 1.54) is 64.5 Å². The van der Waals surface area contributed by atoms with E-state index in [2.05, 4.69) is 13.8 Å². The van der Waals surface area contributed by atoms with Gasteiger partial charge in [-0.3, -0.25) is 9.59 Å². The van der Waals surface area contributed by atoms with E-state index in [-0.39, 0.29) is 49.3 Å². The topological polar surface area (TPSA) is 180 Å². The Kier molecular flexibility index (Phi) is 18.2. The number of nitrogens with zero attached hydrogens (tertiary/aromatic N) is 8. The molecule has 5 heterocycles. The predicted molar refractivity (Wildman–Crippen MR) is 264 cm³/mol. The fourth-order valence-corrected chi connectivity index (χ4v) is 7.87. The Balaban J connectivity index is 0.000000229. The molecule has 8 bridgehead atoms. The van der Waals surface area contributed by atoms with Crippen LogP contribution in [0.2, 0.25) is 0 Å². The number of unbranched alkanes of at least 4 members (excludes halogenated alkanes) is 8. The number of carbonyl (C=O) groups is 2. The average molecular weight is 972 g/mol. The van der Waals surface area contributed by atoms with Crippen LogP contribution >= 0.6 is 0 Å². The van der Waals surface area contributed by atoms with Crippen LogP contribution in [0.1, 0.15) is 105 Å². The maximum absolute atomic E-state index is 11.0. The molecule has 0 fully saturated rings. The van der Waals surface area contributed by atoms with Gasteiger partial charge in [0.2, 0.25) is 0 Å². The Morgan fingerprint density at radius 3 is 0.970 bits per heavy atom. The third kappa shape index (κ3) is 12.9.